The van der Waals surface area contributed by atoms with Crippen molar-refractivity contribution in [2.24, 2.45) is 5.92 Å². The van der Waals surface area contributed by atoms with Crippen molar-refractivity contribution >= 4 is 12.0 Å². The van der Waals surface area contributed by atoms with Crippen molar-refractivity contribution in [2.75, 3.05) is 32.9 Å². The summed E-state index contributed by atoms with van der Waals surface area (Å²) in [5.41, 5.74) is 0. The van der Waals surface area contributed by atoms with Crippen LogP contribution in [0.5, 0.6) is 0 Å². The number of carboxylic acids is 1. The molecular formula is C14H24N2O5. The van der Waals surface area contributed by atoms with Gasteiger partial charge in [0.15, 0.2) is 0 Å². The normalized spacial score (nSPS) is 28.5. The lowest BCUT2D eigenvalue weighted by atomic mass is 10.0. The highest BCUT2D eigenvalue weighted by molar-refractivity contribution is 5.77. The number of carboxylic acid groups (broad SMARTS) is 1. The minimum atomic E-state index is -0.914. The molecule has 7 heteroatoms. The number of amides is 2. The first kappa shape index (κ1) is 16.0. The maximum absolute atomic E-state index is 12.2. The molecule has 0 aromatic rings. The second-order valence-corrected chi connectivity index (χ2v) is 5.49. The Hall–Kier alpha value is -1.34. The molecule has 2 N–H and O–H groups in total. The summed E-state index contributed by atoms with van der Waals surface area (Å²) in [5, 5.41) is 12.0. The van der Waals surface area contributed by atoms with Gasteiger partial charge in [-0.3, -0.25) is 4.79 Å². The molecule has 2 aliphatic rings. The summed E-state index contributed by atoms with van der Waals surface area (Å²) in [5.74, 6) is -1.56. The van der Waals surface area contributed by atoms with Crippen LogP contribution in [-0.4, -0.2) is 67.1 Å². The van der Waals surface area contributed by atoms with Crippen LogP contribution in [0.3, 0.4) is 0 Å². The number of urea groups is 1. The molecule has 7 nitrogen and oxygen atoms in total. The van der Waals surface area contributed by atoms with Crippen molar-refractivity contribution in [2.45, 2.75) is 38.3 Å². The fraction of sp³-hybridized carbons (Fsp3) is 0.857. The van der Waals surface area contributed by atoms with Crippen LogP contribution in [0.2, 0.25) is 0 Å². The number of likely N-dealkylation sites (N-methyl/N-ethyl adjacent to an activating group) is 1. The summed E-state index contributed by atoms with van der Waals surface area (Å²) in [6, 6.07) is -0.618. The molecular weight excluding hydrogens is 276 g/mol. The number of nitrogens with zero attached hydrogens (tertiary/aromatic N) is 1. The number of rotatable bonds is 6. The Morgan fingerprint density at radius 2 is 2.19 bits per heavy atom. The highest BCUT2D eigenvalue weighted by Gasteiger charge is 2.39. The standard InChI is InChI=1S/C14H24N2O5/c1-2-16(12-9-20-8-11(12)13(17)18)14(19)15-6-5-10-4-3-7-21-10/h10-12H,2-9H2,1H3,(H,15,19)(H,17,18). The van der Waals surface area contributed by atoms with Crippen molar-refractivity contribution in [3.8, 4) is 0 Å². The van der Waals surface area contributed by atoms with Crippen LogP contribution in [0.25, 0.3) is 0 Å². The third-order valence-corrected chi connectivity index (χ3v) is 4.14. The Kier molecular flexibility index (Phi) is 5.81. The van der Waals surface area contributed by atoms with Gasteiger partial charge in [0, 0.05) is 19.7 Å². The van der Waals surface area contributed by atoms with Gasteiger partial charge in [-0.15, -0.1) is 0 Å². The Morgan fingerprint density at radius 1 is 1.38 bits per heavy atom. The van der Waals surface area contributed by atoms with Gasteiger partial charge in [-0.1, -0.05) is 0 Å². The fourth-order valence-corrected chi connectivity index (χ4v) is 2.93. The molecule has 2 fully saturated rings. The van der Waals surface area contributed by atoms with Gasteiger partial charge in [0.2, 0.25) is 0 Å². The molecule has 2 saturated heterocycles. The Morgan fingerprint density at radius 3 is 2.81 bits per heavy atom. The number of nitrogens with one attached hydrogen (secondary N) is 1. The minimum absolute atomic E-state index is 0.166. The molecule has 2 aliphatic heterocycles. The lowest BCUT2D eigenvalue weighted by Crippen LogP contribution is -2.50. The Labute approximate surface area is 124 Å². The summed E-state index contributed by atoms with van der Waals surface area (Å²) in [7, 11) is 0. The fourth-order valence-electron chi connectivity index (χ4n) is 2.93. The summed E-state index contributed by atoms with van der Waals surface area (Å²) in [6.07, 6.45) is 3.17. The van der Waals surface area contributed by atoms with Crippen LogP contribution in [-0.2, 0) is 14.3 Å². The zero-order chi connectivity index (χ0) is 15.2. The SMILES string of the molecule is CCN(C(=O)NCCC1CCCO1)C1COCC1C(=O)O. The van der Waals surface area contributed by atoms with E-state index >= 15 is 0 Å². The maximum atomic E-state index is 12.2. The van der Waals surface area contributed by atoms with Crippen molar-refractivity contribution in [1.29, 1.82) is 0 Å². The molecule has 3 unspecified atom stereocenters. The van der Waals surface area contributed by atoms with Crippen molar-refractivity contribution in [3.63, 3.8) is 0 Å². The first-order chi connectivity index (χ1) is 10.1. The number of carbonyl (C=O) groups is 2. The number of ether oxygens (including phenoxy) is 2. The first-order valence-corrected chi connectivity index (χ1v) is 7.60. The monoisotopic (exact) mass is 300 g/mol. The van der Waals surface area contributed by atoms with E-state index in [2.05, 4.69) is 5.32 Å². The average Bonchev–Trinajstić information content (AvgIpc) is 3.10. The van der Waals surface area contributed by atoms with Crippen molar-refractivity contribution < 1.29 is 24.2 Å². The van der Waals surface area contributed by atoms with Gasteiger partial charge in [-0.25, -0.2) is 4.79 Å². The predicted molar refractivity (Wildman–Crippen MR) is 75.1 cm³/mol. The zero-order valence-electron chi connectivity index (χ0n) is 12.4. The van der Waals surface area contributed by atoms with Crippen LogP contribution in [0.15, 0.2) is 0 Å². The summed E-state index contributed by atoms with van der Waals surface area (Å²) in [6.45, 7) is 4.11. The predicted octanol–water partition coefficient (Wildman–Crippen LogP) is 0.687. The summed E-state index contributed by atoms with van der Waals surface area (Å²) >= 11 is 0. The van der Waals surface area contributed by atoms with Gasteiger partial charge in [0.25, 0.3) is 0 Å². The van der Waals surface area contributed by atoms with Gasteiger partial charge in [-0.05, 0) is 26.2 Å². The minimum Gasteiger partial charge on any atom is -0.481 e. The largest absolute Gasteiger partial charge is 0.481 e. The van der Waals surface area contributed by atoms with Crippen LogP contribution in [0.4, 0.5) is 4.79 Å². The molecule has 0 aliphatic carbocycles. The molecule has 0 radical (unpaired) electrons. The average molecular weight is 300 g/mol. The van der Waals surface area contributed by atoms with Gasteiger partial charge >= 0.3 is 12.0 Å². The van der Waals surface area contributed by atoms with Gasteiger partial charge in [-0.2, -0.15) is 0 Å². The van der Waals surface area contributed by atoms with Crippen molar-refractivity contribution in [1.82, 2.24) is 10.2 Å². The van der Waals surface area contributed by atoms with E-state index in [1.54, 1.807) is 4.90 Å². The topological polar surface area (TPSA) is 88.1 Å². The van der Waals surface area contributed by atoms with Crippen LogP contribution in [0.1, 0.15) is 26.2 Å². The molecule has 120 valence electrons. The second-order valence-electron chi connectivity index (χ2n) is 5.49. The third kappa shape index (κ3) is 4.07. The molecule has 2 rings (SSSR count). The van der Waals surface area contributed by atoms with E-state index in [9.17, 15) is 14.7 Å². The molecule has 2 heterocycles. The van der Waals surface area contributed by atoms with E-state index < -0.39 is 17.9 Å². The Balaban J connectivity index is 1.81. The van der Waals surface area contributed by atoms with E-state index in [1.807, 2.05) is 6.92 Å². The maximum Gasteiger partial charge on any atom is 0.317 e. The number of hydrogen-bond donors (Lipinski definition) is 2. The smallest absolute Gasteiger partial charge is 0.317 e. The zero-order valence-corrected chi connectivity index (χ0v) is 12.4. The third-order valence-electron chi connectivity index (χ3n) is 4.14. The lowest BCUT2D eigenvalue weighted by molar-refractivity contribution is -0.142. The molecule has 0 spiro atoms. The van der Waals surface area contributed by atoms with Crippen LogP contribution >= 0.6 is 0 Å². The molecule has 0 aromatic carbocycles. The quantitative estimate of drug-likeness (QED) is 0.753. The number of carbonyl (C=O) groups excluding carboxylic acids is 1. The number of aliphatic carboxylic acids is 1. The van der Waals surface area contributed by atoms with E-state index in [0.29, 0.717) is 13.1 Å². The summed E-state index contributed by atoms with van der Waals surface area (Å²) in [4.78, 5) is 25.0. The number of hydrogen-bond acceptors (Lipinski definition) is 4. The molecule has 0 saturated carbocycles. The van der Waals surface area contributed by atoms with E-state index in [-0.39, 0.29) is 25.3 Å². The molecule has 0 bridgehead atoms. The molecule has 21 heavy (non-hydrogen) atoms. The molecule has 0 aromatic heterocycles. The second kappa shape index (κ2) is 7.61. The molecule has 3 atom stereocenters. The highest BCUT2D eigenvalue weighted by Crippen LogP contribution is 2.20. The van der Waals surface area contributed by atoms with E-state index in [4.69, 9.17) is 9.47 Å². The highest BCUT2D eigenvalue weighted by atomic mass is 16.5. The first-order valence-electron chi connectivity index (χ1n) is 7.60. The lowest BCUT2D eigenvalue weighted by Gasteiger charge is -2.29. The summed E-state index contributed by atoms with van der Waals surface area (Å²) < 4.78 is 10.7. The van der Waals surface area contributed by atoms with E-state index in [1.165, 1.54) is 0 Å². The van der Waals surface area contributed by atoms with Crippen LogP contribution in [0, 0.1) is 5.92 Å². The Bertz CT molecular complexity index is 370. The van der Waals surface area contributed by atoms with E-state index in [0.717, 1.165) is 25.9 Å². The van der Waals surface area contributed by atoms with Crippen molar-refractivity contribution in [3.05, 3.63) is 0 Å². The van der Waals surface area contributed by atoms with Gasteiger partial charge in [0.1, 0.15) is 5.92 Å². The van der Waals surface area contributed by atoms with Gasteiger partial charge in [0.05, 0.1) is 25.4 Å². The van der Waals surface area contributed by atoms with Crippen LogP contribution < -0.4 is 5.32 Å². The van der Waals surface area contributed by atoms with Gasteiger partial charge < -0.3 is 24.8 Å². The molecule has 2 amide bonds.